The third-order valence-corrected chi connectivity index (χ3v) is 8.37. The first-order valence-corrected chi connectivity index (χ1v) is 13.8. The van der Waals surface area contributed by atoms with Crippen LogP contribution in [0.15, 0.2) is 48.5 Å². The Bertz CT molecular complexity index is 1660. The van der Waals surface area contributed by atoms with E-state index in [1.807, 2.05) is 66.9 Å². The number of fused-ring (bicyclic) bond motifs is 3. The fraction of sp³-hybridized carbons (Fsp3) is 0.364. The van der Waals surface area contributed by atoms with Crippen LogP contribution in [0.5, 0.6) is 11.5 Å². The van der Waals surface area contributed by atoms with Gasteiger partial charge in [-0.2, -0.15) is 0 Å². The van der Waals surface area contributed by atoms with Crippen molar-refractivity contribution < 1.29 is 23.8 Å². The smallest absolute Gasteiger partial charge is 0.339 e. The molecule has 7 nitrogen and oxygen atoms in total. The predicted octanol–water partition coefficient (Wildman–Crippen LogP) is 6.56. The number of ether oxygens (including phenoxy) is 3. The van der Waals surface area contributed by atoms with E-state index in [0.29, 0.717) is 28.5 Å². The number of carbonyl (C=O) groups excluding carboxylic acids is 2. The van der Waals surface area contributed by atoms with Crippen molar-refractivity contribution in [2.24, 2.45) is 11.3 Å². The number of ketones is 1. The Hall–Kier alpha value is -4.13. The van der Waals surface area contributed by atoms with Crippen LogP contribution in [-0.2, 0) is 17.6 Å². The van der Waals surface area contributed by atoms with Crippen LogP contribution in [0, 0.1) is 25.2 Å². The first kappa shape index (κ1) is 26.1. The number of aryl methyl sites for hydroxylation is 2. The lowest BCUT2D eigenvalue weighted by atomic mass is 9.70. The molecule has 7 heteroatoms. The molecule has 40 heavy (non-hydrogen) atoms. The number of rotatable bonds is 5. The number of Topliss-reactive ketones (excluding diaryl/α,β-unsaturated/α-hetero) is 1. The molecule has 206 valence electrons. The summed E-state index contributed by atoms with van der Waals surface area (Å²) in [6.45, 7) is 10.4. The van der Waals surface area contributed by atoms with Crippen molar-refractivity contribution in [2.45, 2.75) is 53.9 Å². The molecule has 1 atom stereocenters. The minimum absolute atomic E-state index is 0.112. The summed E-state index contributed by atoms with van der Waals surface area (Å²) in [4.78, 5) is 31.9. The Balaban J connectivity index is 1.27. The van der Waals surface area contributed by atoms with Crippen molar-refractivity contribution in [3.05, 3.63) is 82.3 Å². The Morgan fingerprint density at radius 2 is 1.82 bits per heavy atom. The number of para-hydroxylation sites is 1. The van der Waals surface area contributed by atoms with Gasteiger partial charge in [0.15, 0.2) is 18.1 Å². The lowest BCUT2D eigenvalue weighted by Crippen LogP contribution is -2.29. The zero-order valence-corrected chi connectivity index (χ0v) is 23.7. The molecule has 0 fully saturated rings. The molecule has 2 aliphatic rings. The number of hydrogen-bond acceptors (Lipinski definition) is 6. The van der Waals surface area contributed by atoms with Crippen molar-refractivity contribution in [2.75, 3.05) is 13.4 Å². The Labute approximate surface area is 234 Å². The van der Waals surface area contributed by atoms with Crippen LogP contribution < -0.4 is 9.47 Å². The van der Waals surface area contributed by atoms with Crippen molar-refractivity contribution in [3.63, 3.8) is 0 Å². The zero-order chi connectivity index (χ0) is 28.2. The predicted molar refractivity (Wildman–Crippen MR) is 153 cm³/mol. The third kappa shape index (κ3) is 4.53. The van der Waals surface area contributed by atoms with E-state index in [-0.39, 0.29) is 24.6 Å². The van der Waals surface area contributed by atoms with Gasteiger partial charge in [0.1, 0.15) is 0 Å². The number of hydrogen-bond donors (Lipinski definition) is 0. The monoisotopic (exact) mass is 538 g/mol. The van der Waals surface area contributed by atoms with Crippen LogP contribution in [0.3, 0.4) is 0 Å². The first-order valence-electron chi connectivity index (χ1n) is 13.8. The average Bonchev–Trinajstić information content (AvgIpc) is 3.52. The molecule has 2 aromatic carbocycles. The van der Waals surface area contributed by atoms with Gasteiger partial charge >= 0.3 is 5.97 Å². The molecule has 3 heterocycles. The van der Waals surface area contributed by atoms with Gasteiger partial charge in [-0.05, 0) is 74.3 Å². The van der Waals surface area contributed by atoms with E-state index in [4.69, 9.17) is 19.2 Å². The highest BCUT2D eigenvalue weighted by molar-refractivity contribution is 6.06. The van der Waals surface area contributed by atoms with Gasteiger partial charge in [0.05, 0.1) is 11.1 Å². The van der Waals surface area contributed by atoms with Crippen LogP contribution in [-0.4, -0.2) is 34.7 Å². The fourth-order valence-corrected chi connectivity index (χ4v) is 6.11. The van der Waals surface area contributed by atoms with Gasteiger partial charge in [0, 0.05) is 39.8 Å². The lowest BCUT2D eigenvalue weighted by molar-refractivity contribution is 0.0474. The highest BCUT2D eigenvalue weighted by Gasteiger charge is 2.33. The fourth-order valence-electron chi connectivity index (χ4n) is 6.11. The maximum Gasteiger partial charge on any atom is 0.339 e. The summed E-state index contributed by atoms with van der Waals surface area (Å²) in [5.74, 6) is 1.09. The molecular formula is C33H34N2O5. The Morgan fingerprint density at radius 3 is 2.62 bits per heavy atom. The first-order chi connectivity index (χ1) is 19.1. The lowest BCUT2D eigenvalue weighted by Gasteiger charge is -2.35. The summed E-state index contributed by atoms with van der Waals surface area (Å²) in [6, 6.07) is 15.2. The maximum atomic E-state index is 13.7. The standard InChI is InChI=1S/C33H34N2O5/c1-19-14-24(20(2)35(19)22-11-13-29-30(16-22)40-18-39-29)28(36)17-38-32(37)31-23-8-6-7-9-26(23)34-27-12-10-21(15-25(27)31)33(3,4)5/h6-9,11,13-14,16,21H,10,12,15,17-18H2,1-5H3. The normalized spacial score (nSPS) is 16.2. The van der Waals surface area contributed by atoms with Gasteiger partial charge in [0.2, 0.25) is 12.6 Å². The second-order valence-electron chi connectivity index (χ2n) is 11.9. The average molecular weight is 539 g/mol. The summed E-state index contributed by atoms with van der Waals surface area (Å²) in [6.07, 6.45) is 2.63. The molecule has 0 spiro atoms. The number of nitrogens with zero attached hydrogens (tertiary/aromatic N) is 2. The number of benzene rings is 2. The van der Waals surface area contributed by atoms with E-state index < -0.39 is 5.97 Å². The number of aromatic nitrogens is 2. The van der Waals surface area contributed by atoms with Crippen molar-refractivity contribution in [1.29, 1.82) is 0 Å². The van der Waals surface area contributed by atoms with Gasteiger partial charge in [-0.3, -0.25) is 9.78 Å². The minimum atomic E-state index is -0.470. The van der Waals surface area contributed by atoms with E-state index in [0.717, 1.165) is 58.5 Å². The SMILES string of the molecule is Cc1cc(C(=O)COC(=O)c2c3c(nc4ccccc24)CCC(C(C)(C)C)C3)c(C)n1-c1ccc2c(c1)OCO2. The Kier molecular flexibility index (Phi) is 6.40. The molecule has 0 N–H and O–H groups in total. The molecule has 0 amide bonds. The van der Waals surface area contributed by atoms with E-state index in [2.05, 4.69) is 20.8 Å². The van der Waals surface area contributed by atoms with E-state index >= 15 is 0 Å². The molecule has 0 radical (unpaired) electrons. The van der Waals surface area contributed by atoms with Gasteiger partial charge < -0.3 is 18.8 Å². The highest BCUT2D eigenvalue weighted by atomic mass is 16.7. The second-order valence-corrected chi connectivity index (χ2v) is 11.9. The van der Waals surface area contributed by atoms with Crippen LogP contribution in [0.2, 0.25) is 0 Å². The zero-order valence-electron chi connectivity index (χ0n) is 23.7. The molecule has 0 saturated heterocycles. The summed E-state index contributed by atoms with van der Waals surface area (Å²) < 4.78 is 18.7. The highest BCUT2D eigenvalue weighted by Crippen LogP contribution is 2.40. The number of carbonyl (C=O) groups is 2. The largest absolute Gasteiger partial charge is 0.454 e. The van der Waals surface area contributed by atoms with Crippen LogP contribution >= 0.6 is 0 Å². The molecule has 0 saturated carbocycles. The van der Waals surface area contributed by atoms with Crippen molar-refractivity contribution >= 4 is 22.7 Å². The van der Waals surface area contributed by atoms with Gasteiger partial charge in [-0.15, -0.1) is 0 Å². The molecule has 1 aliphatic heterocycles. The van der Waals surface area contributed by atoms with Crippen LogP contribution in [0.25, 0.3) is 16.6 Å². The van der Waals surface area contributed by atoms with Crippen LogP contribution in [0.4, 0.5) is 0 Å². The third-order valence-electron chi connectivity index (χ3n) is 8.37. The molecule has 1 aliphatic carbocycles. The minimum Gasteiger partial charge on any atom is -0.454 e. The van der Waals surface area contributed by atoms with Crippen LogP contribution in [0.1, 0.15) is 70.6 Å². The van der Waals surface area contributed by atoms with Gasteiger partial charge in [-0.25, -0.2) is 4.79 Å². The quantitative estimate of drug-likeness (QED) is 0.211. The Morgan fingerprint density at radius 1 is 1.05 bits per heavy atom. The molecule has 1 unspecified atom stereocenters. The summed E-state index contributed by atoms with van der Waals surface area (Å²) in [5.41, 5.74) is 6.44. The molecule has 4 aromatic rings. The maximum absolute atomic E-state index is 13.7. The second kappa shape index (κ2) is 9.81. The number of esters is 1. The molecule has 6 rings (SSSR count). The molecule has 2 aromatic heterocycles. The van der Waals surface area contributed by atoms with E-state index in [9.17, 15) is 9.59 Å². The van der Waals surface area contributed by atoms with E-state index in [1.54, 1.807) is 0 Å². The van der Waals surface area contributed by atoms with Gasteiger partial charge in [0.25, 0.3) is 0 Å². The van der Waals surface area contributed by atoms with Gasteiger partial charge in [-0.1, -0.05) is 39.0 Å². The summed E-state index contributed by atoms with van der Waals surface area (Å²) in [7, 11) is 0. The van der Waals surface area contributed by atoms with Crippen molar-refractivity contribution in [1.82, 2.24) is 9.55 Å². The number of pyridine rings is 1. The summed E-state index contributed by atoms with van der Waals surface area (Å²) >= 11 is 0. The molecular weight excluding hydrogens is 504 g/mol. The summed E-state index contributed by atoms with van der Waals surface area (Å²) in [5, 5.41) is 0.772. The van der Waals surface area contributed by atoms with Crippen molar-refractivity contribution in [3.8, 4) is 17.2 Å². The topological polar surface area (TPSA) is 79.7 Å². The molecule has 0 bridgehead atoms. The van der Waals surface area contributed by atoms with E-state index in [1.165, 1.54) is 0 Å².